The van der Waals surface area contributed by atoms with E-state index in [1.54, 1.807) is 12.4 Å². The van der Waals surface area contributed by atoms with Crippen LogP contribution in [0.25, 0.3) is 11.0 Å². The van der Waals surface area contributed by atoms with Crippen molar-refractivity contribution < 1.29 is 4.79 Å². The summed E-state index contributed by atoms with van der Waals surface area (Å²) in [6, 6.07) is 1.87. The topological polar surface area (TPSA) is 57.8 Å². The summed E-state index contributed by atoms with van der Waals surface area (Å²) in [5.74, 6) is 0.510. The highest BCUT2D eigenvalue weighted by Crippen LogP contribution is 2.20. The molecule has 4 nitrogen and oxygen atoms in total. The summed E-state index contributed by atoms with van der Waals surface area (Å²) in [5, 5.41) is 3.58. The van der Waals surface area contributed by atoms with Gasteiger partial charge in [-0.2, -0.15) is 12.6 Å². The Balaban J connectivity index is 2.37. The van der Waals surface area contributed by atoms with Crippen molar-refractivity contribution in [2.75, 3.05) is 12.3 Å². The molecule has 0 bridgehead atoms. The highest BCUT2D eigenvalue weighted by Gasteiger charge is 2.12. The number of pyridine rings is 1. The van der Waals surface area contributed by atoms with Crippen molar-refractivity contribution in [3.8, 4) is 0 Å². The number of rotatable bonds is 3. The molecule has 0 atom stereocenters. The van der Waals surface area contributed by atoms with Gasteiger partial charge in [-0.3, -0.25) is 4.79 Å². The van der Waals surface area contributed by atoms with Crippen LogP contribution in [0.5, 0.6) is 0 Å². The molecule has 0 saturated heterocycles. The number of hydrogen-bond acceptors (Lipinski definition) is 3. The van der Waals surface area contributed by atoms with Gasteiger partial charge in [0, 0.05) is 34.6 Å². The van der Waals surface area contributed by atoms with Gasteiger partial charge in [0.2, 0.25) is 0 Å². The number of carbonyl (C=O) groups excluding carboxylic acids is 1. The molecule has 2 heterocycles. The molecule has 1 amide bonds. The normalized spacial score (nSPS) is 10.6. The highest BCUT2D eigenvalue weighted by molar-refractivity contribution is 9.10. The van der Waals surface area contributed by atoms with E-state index in [1.807, 2.05) is 6.07 Å². The molecule has 84 valence electrons. The van der Waals surface area contributed by atoms with Crippen molar-refractivity contribution in [1.29, 1.82) is 0 Å². The molecule has 0 spiro atoms. The fourth-order valence-electron chi connectivity index (χ4n) is 1.43. The number of amides is 1. The molecule has 6 heteroatoms. The van der Waals surface area contributed by atoms with E-state index in [4.69, 9.17) is 0 Å². The van der Waals surface area contributed by atoms with Crippen LogP contribution in [-0.2, 0) is 0 Å². The minimum atomic E-state index is -0.111. The number of halogens is 1. The Bertz CT molecular complexity index is 526. The smallest absolute Gasteiger partial charge is 0.253 e. The largest absolute Gasteiger partial charge is 0.351 e. The molecule has 2 rings (SSSR count). The van der Waals surface area contributed by atoms with E-state index in [0.717, 1.165) is 9.86 Å². The Kier molecular flexibility index (Phi) is 3.50. The number of aromatic amines is 1. The third-order valence-electron chi connectivity index (χ3n) is 2.14. The van der Waals surface area contributed by atoms with Crippen molar-refractivity contribution in [2.24, 2.45) is 0 Å². The van der Waals surface area contributed by atoms with E-state index < -0.39 is 0 Å². The van der Waals surface area contributed by atoms with Crippen molar-refractivity contribution in [2.45, 2.75) is 0 Å². The fraction of sp³-hybridized carbons (Fsp3) is 0.200. The molecule has 2 aromatic rings. The van der Waals surface area contributed by atoms with Crippen molar-refractivity contribution >= 4 is 45.5 Å². The Labute approximate surface area is 106 Å². The standard InChI is InChI=1S/C10H10BrN3OS/c11-6-3-7-8(10(15)12-1-2-16)5-14-9(7)13-4-6/h3-5,16H,1-2H2,(H,12,15)(H,13,14). The molecule has 16 heavy (non-hydrogen) atoms. The van der Waals surface area contributed by atoms with E-state index in [9.17, 15) is 4.79 Å². The average molecular weight is 300 g/mol. The van der Waals surface area contributed by atoms with Crippen LogP contribution in [0.4, 0.5) is 0 Å². The van der Waals surface area contributed by atoms with E-state index in [2.05, 4.69) is 43.8 Å². The van der Waals surface area contributed by atoms with Crippen LogP contribution in [-0.4, -0.2) is 28.2 Å². The zero-order chi connectivity index (χ0) is 11.5. The van der Waals surface area contributed by atoms with E-state index in [-0.39, 0.29) is 5.91 Å². The zero-order valence-corrected chi connectivity index (χ0v) is 10.8. The number of aromatic nitrogens is 2. The van der Waals surface area contributed by atoms with Gasteiger partial charge in [-0.05, 0) is 22.0 Å². The summed E-state index contributed by atoms with van der Waals surface area (Å²) in [6.07, 6.45) is 3.35. The molecule has 2 N–H and O–H groups in total. The third-order valence-corrected chi connectivity index (χ3v) is 2.80. The van der Waals surface area contributed by atoms with Gasteiger partial charge in [0.1, 0.15) is 5.65 Å². The van der Waals surface area contributed by atoms with Gasteiger partial charge in [0.25, 0.3) is 5.91 Å². The SMILES string of the molecule is O=C(NCCS)c1c[nH]c2ncc(Br)cc12. The lowest BCUT2D eigenvalue weighted by Crippen LogP contribution is -2.24. The van der Waals surface area contributed by atoms with E-state index in [1.165, 1.54) is 0 Å². The first-order valence-electron chi connectivity index (χ1n) is 4.74. The van der Waals surface area contributed by atoms with Crippen LogP contribution < -0.4 is 5.32 Å². The quantitative estimate of drug-likeness (QED) is 0.759. The molecular weight excluding hydrogens is 290 g/mol. The number of nitrogens with one attached hydrogen (secondary N) is 2. The summed E-state index contributed by atoms with van der Waals surface area (Å²) in [7, 11) is 0. The Morgan fingerprint density at radius 1 is 1.62 bits per heavy atom. The number of thiol groups is 1. The second-order valence-corrected chi connectivity index (χ2v) is 4.59. The molecule has 0 aliphatic rings. The first-order valence-corrected chi connectivity index (χ1v) is 6.16. The fourth-order valence-corrected chi connectivity index (χ4v) is 1.87. The van der Waals surface area contributed by atoms with E-state index >= 15 is 0 Å². The molecular formula is C10H10BrN3OS. The minimum Gasteiger partial charge on any atom is -0.351 e. The number of H-pyrrole nitrogens is 1. The van der Waals surface area contributed by atoms with Crippen LogP contribution >= 0.6 is 28.6 Å². The molecule has 0 aliphatic carbocycles. The summed E-state index contributed by atoms with van der Waals surface area (Å²) < 4.78 is 0.850. The second kappa shape index (κ2) is 4.88. The van der Waals surface area contributed by atoms with Crippen LogP contribution in [0, 0.1) is 0 Å². The lowest BCUT2D eigenvalue weighted by molar-refractivity contribution is 0.0958. The minimum absolute atomic E-state index is 0.111. The van der Waals surface area contributed by atoms with Gasteiger partial charge in [0.15, 0.2) is 0 Å². The molecule has 0 aliphatic heterocycles. The van der Waals surface area contributed by atoms with Crippen LogP contribution in [0.15, 0.2) is 22.9 Å². The molecule has 0 unspecified atom stereocenters. The lowest BCUT2D eigenvalue weighted by Gasteiger charge is -2.01. The van der Waals surface area contributed by atoms with Gasteiger partial charge in [-0.15, -0.1) is 0 Å². The predicted octanol–water partition coefficient (Wildman–Crippen LogP) is 1.98. The van der Waals surface area contributed by atoms with Crippen molar-refractivity contribution in [3.63, 3.8) is 0 Å². The van der Waals surface area contributed by atoms with Gasteiger partial charge in [-0.1, -0.05) is 0 Å². The maximum absolute atomic E-state index is 11.8. The number of fused-ring (bicyclic) bond motifs is 1. The first-order chi connectivity index (χ1) is 7.72. The van der Waals surface area contributed by atoms with E-state index in [0.29, 0.717) is 23.5 Å². The Morgan fingerprint density at radius 2 is 2.44 bits per heavy atom. The summed E-state index contributed by atoms with van der Waals surface area (Å²) in [6.45, 7) is 0.552. The lowest BCUT2D eigenvalue weighted by atomic mass is 10.2. The summed E-state index contributed by atoms with van der Waals surface area (Å²) in [5.41, 5.74) is 1.31. The van der Waals surface area contributed by atoms with Gasteiger partial charge in [0.05, 0.1) is 5.56 Å². The second-order valence-electron chi connectivity index (χ2n) is 3.23. The third kappa shape index (κ3) is 2.22. The van der Waals surface area contributed by atoms with Crippen LogP contribution in [0.2, 0.25) is 0 Å². The van der Waals surface area contributed by atoms with Gasteiger partial charge < -0.3 is 10.3 Å². The van der Waals surface area contributed by atoms with Crippen LogP contribution in [0.3, 0.4) is 0 Å². The monoisotopic (exact) mass is 299 g/mol. The molecule has 0 radical (unpaired) electrons. The first kappa shape index (κ1) is 11.5. The number of nitrogens with zero attached hydrogens (tertiary/aromatic N) is 1. The number of hydrogen-bond donors (Lipinski definition) is 3. The highest BCUT2D eigenvalue weighted by atomic mass is 79.9. The molecule has 2 aromatic heterocycles. The summed E-state index contributed by atoms with van der Waals surface area (Å²) in [4.78, 5) is 18.9. The molecule has 0 fully saturated rings. The maximum atomic E-state index is 11.8. The van der Waals surface area contributed by atoms with Gasteiger partial charge >= 0.3 is 0 Å². The van der Waals surface area contributed by atoms with Crippen molar-refractivity contribution in [1.82, 2.24) is 15.3 Å². The molecule has 0 saturated carbocycles. The summed E-state index contributed by atoms with van der Waals surface area (Å²) >= 11 is 7.37. The maximum Gasteiger partial charge on any atom is 0.253 e. The Hall–Kier alpha value is -1.01. The van der Waals surface area contributed by atoms with Crippen molar-refractivity contribution in [3.05, 3.63) is 28.5 Å². The average Bonchev–Trinajstić information content (AvgIpc) is 2.68. The zero-order valence-electron chi connectivity index (χ0n) is 8.33. The van der Waals surface area contributed by atoms with Gasteiger partial charge in [-0.25, -0.2) is 4.98 Å². The predicted molar refractivity (Wildman–Crippen MR) is 70.0 cm³/mol. The Morgan fingerprint density at radius 3 is 3.19 bits per heavy atom. The van der Waals surface area contributed by atoms with Crippen LogP contribution in [0.1, 0.15) is 10.4 Å². The molecule has 0 aromatic carbocycles. The number of carbonyl (C=O) groups is 1.